The summed E-state index contributed by atoms with van der Waals surface area (Å²) in [4.78, 5) is 6.36. The third-order valence-electron chi connectivity index (χ3n) is 2.87. The van der Waals surface area contributed by atoms with Crippen LogP contribution in [0.3, 0.4) is 0 Å². The van der Waals surface area contributed by atoms with Crippen LogP contribution in [0.25, 0.3) is 0 Å². The van der Waals surface area contributed by atoms with Crippen molar-refractivity contribution >= 4 is 17.2 Å². The molecule has 0 spiro atoms. The van der Waals surface area contributed by atoms with Crippen molar-refractivity contribution in [3.05, 3.63) is 30.6 Å². The number of anilines is 1. The lowest BCUT2D eigenvalue weighted by Gasteiger charge is -2.29. The van der Waals surface area contributed by atoms with Crippen molar-refractivity contribution in [2.24, 2.45) is 0 Å². The molecular formula is C12H14N4OS. The number of benzene rings is 1. The van der Waals surface area contributed by atoms with E-state index in [0.29, 0.717) is 5.19 Å². The van der Waals surface area contributed by atoms with Crippen LogP contribution in [0, 0.1) is 0 Å². The van der Waals surface area contributed by atoms with E-state index in [1.54, 1.807) is 0 Å². The summed E-state index contributed by atoms with van der Waals surface area (Å²) in [5.41, 5.74) is 1.24. The third kappa shape index (κ3) is 2.60. The Labute approximate surface area is 110 Å². The van der Waals surface area contributed by atoms with Gasteiger partial charge in [-0.3, -0.25) is 0 Å². The van der Waals surface area contributed by atoms with Crippen molar-refractivity contribution in [1.82, 2.24) is 14.7 Å². The first kappa shape index (κ1) is 11.4. The fourth-order valence-electron chi connectivity index (χ4n) is 1.96. The predicted molar refractivity (Wildman–Crippen MR) is 71.5 cm³/mol. The second-order valence-corrected chi connectivity index (χ2v) is 4.78. The SMILES string of the molecule is c1nsc(Oc2ccc(N3CCNCC3)cc2)n1. The molecule has 94 valence electrons. The fraction of sp³-hybridized carbons (Fsp3) is 0.333. The number of hydrogen-bond acceptors (Lipinski definition) is 6. The van der Waals surface area contributed by atoms with Crippen molar-refractivity contribution < 1.29 is 4.74 Å². The molecule has 1 aliphatic rings. The largest absolute Gasteiger partial charge is 0.430 e. The van der Waals surface area contributed by atoms with Crippen LogP contribution in [0.2, 0.25) is 0 Å². The second kappa shape index (κ2) is 5.32. The van der Waals surface area contributed by atoms with E-state index in [0.717, 1.165) is 31.9 Å². The summed E-state index contributed by atoms with van der Waals surface area (Å²) >= 11 is 1.25. The van der Waals surface area contributed by atoms with Crippen molar-refractivity contribution in [2.45, 2.75) is 0 Å². The van der Waals surface area contributed by atoms with E-state index in [1.807, 2.05) is 12.1 Å². The Morgan fingerprint density at radius 3 is 2.61 bits per heavy atom. The molecule has 0 atom stereocenters. The smallest absolute Gasteiger partial charge is 0.298 e. The van der Waals surface area contributed by atoms with Crippen LogP contribution in [-0.4, -0.2) is 35.5 Å². The molecular weight excluding hydrogens is 248 g/mol. The van der Waals surface area contributed by atoms with Crippen LogP contribution in [0.5, 0.6) is 10.9 Å². The van der Waals surface area contributed by atoms with Crippen molar-refractivity contribution in [3.8, 4) is 10.9 Å². The van der Waals surface area contributed by atoms with Gasteiger partial charge in [0.05, 0.1) is 0 Å². The number of hydrogen-bond donors (Lipinski definition) is 1. The van der Waals surface area contributed by atoms with Gasteiger partial charge in [-0.1, -0.05) is 0 Å². The molecule has 2 aromatic rings. The molecule has 0 amide bonds. The minimum absolute atomic E-state index is 0.574. The van der Waals surface area contributed by atoms with Gasteiger partial charge in [0.15, 0.2) is 0 Å². The van der Waals surface area contributed by atoms with Gasteiger partial charge in [0.1, 0.15) is 12.1 Å². The van der Waals surface area contributed by atoms with Crippen LogP contribution < -0.4 is 15.0 Å². The van der Waals surface area contributed by atoms with Crippen molar-refractivity contribution in [1.29, 1.82) is 0 Å². The molecule has 1 aliphatic heterocycles. The van der Waals surface area contributed by atoms with Crippen LogP contribution in [-0.2, 0) is 0 Å². The molecule has 0 saturated carbocycles. The molecule has 18 heavy (non-hydrogen) atoms. The summed E-state index contributed by atoms with van der Waals surface area (Å²) in [6.07, 6.45) is 1.50. The average Bonchev–Trinajstić information content (AvgIpc) is 2.94. The lowest BCUT2D eigenvalue weighted by Crippen LogP contribution is -2.43. The highest BCUT2D eigenvalue weighted by atomic mass is 32.1. The molecule has 0 unspecified atom stereocenters. The molecule has 1 aromatic carbocycles. The first-order valence-corrected chi connectivity index (χ1v) is 6.69. The summed E-state index contributed by atoms with van der Waals surface area (Å²) in [6, 6.07) is 8.11. The summed E-state index contributed by atoms with van der Waals surface area (Å²) in [5, 5.41) is 3.92. The topological polar surface area (TPSA) is 50.3 Å². The van der Waals surface area contributed by atoms with Gasteiger partial charge in [-0.15, -0.1) is 0 Å². The fourth-order valence-corrected chi connectivity index (χ4v) is 2.37. The predicted octanol–water partition coefficient (Wildman–Crippen LogP) is 1.74. The molecule has 3 rings (SSSR count). The van der Waals surface area contributed by atoms with Crippen molar-refractivity contribution in [2.75, 3.05) is 31.1 Å². The highest BCUT2D eigenvalue weighted by Crippen LogP contribution is 2.24. The summed E-state index contributed by atoms with van der Waals surface area (Å²) in [5.74, 6) is 0.797. The Morgan fingerprint density at radius 2 is 1.94 bits per heavy atom. The third-order valence-corrected chi connectivity index (χ3v) is 3.41. The maximum absolute atomic E-state index is 5.57. The number of ether oxygens (including phenoxy) is 1. The summed E-state index contributed by atoms with van der Waals surface area (Å²) in [7, 11) is 0. The monoisotopic (exact) mass is 262 g/mol. The van der Waals surface area contributed by atoms with E-state index in [2.05, 4.69) is 31.7 Å². The lowest BCUT2D eigenvalue weighted by molar-refractivity contribution is 0.478. The number of aromatic nitrogens is 2. The van der Waals surface area contributed by atoms with Gasteiger partial charge < -0.3 is 15.0 Å². The standard InChI is InChI=1S/C12H14N4OS/c1-3-11(17-12-14-9-15-18-12)4-2-10(1)16-7-5-13-6-8-16/h1-4,9,13H,5-8H2. The number of nitrogens with one attached hydrogen (secondary N) is 1. The van der Waals surface area contributed by atoms with Crippen LogP contribution in [0.4, 0.5) is 5.69 Å². The zero-order chi connectivity index (χ0) is 12.2. The van der Waals surface area contributed by atoms with Crippen molar-refractivity contribution in [3.63, 3.8) is 0 Å². The van der Waals surface area contributed by atoms with Gasteiger partial charge in [-0.2, -0.15) is 9.36 Å². The van der Waals surface area contributed by atoms with E-state index < -0.39 is 0 Å². The number of nitrogens with zero attached hydrogens (tertiary/aromatic N) is 3. The minimum atomic E-state index is 0.574. The van der Waals surface area contributed by atoms with Gasteiger partial charge in [0.25, 0.3) is 5.19 Å². The first-order valence-electron chi connectivity index (χ1n) is 5.92. The average molecular weight is 262 g/mol. The maximum atomic E-state index is 5.57. The molecule has 0 radical (unpaired) electrons. The molecule has 1 aromatic heterocycles. The highest BCUT2D eigenvalue weighted by molar-refractivity contribution is 7.07. The molecule has 5 nitrogen and oxygen atoms in total. The van der Waals surface area contributed by atoms with Crippen LogP contribution >= 0.6 is 11.5 Å². The van der Waals surface area contributed by atoms with Gasteiger partial charge in [-0.05, 0) is 24.3 Å². The quantitative estimate of drug-likeness (QED) is 0.913. The zero-order valence-corrected chi connectivity index (χ0v) is 10.7. The van der Waals surface area contributed by atoms with E-state index >= 15 is 0 Å². The zero-order valence-electron chi connectivity index (χ0n) is 9.87. The molecule has 0 aliphatic carbocycles. The molecule has 1 saturated heterocycles. The van der Waals surface area contributed by atoms with Crippen LogP contribution in [0.1, 0.15) is 0 Å². The van der Waals surface area contributed by atoms with E-state index in [4.69, 9.17) is 4.74 Å². The first-order chi connectivity index (χ1) is 8.92. The Balaban J connectivity index is 1.68. The van der Waals surface area contributed by atoms with Gasteiger partial charge in [0.2, 0.25) is 0 Å². The van der Waals surface area contributed by atoms with Gasteiger partial charge >= 0.3 is 0 Å². The Morgan fingerprint density at radius 1 is 1.17 bits per heavy atom. The number of rotatable bonds is 3. The normalized spacial score (nSPS) is 15.7. The molecule has 2 heterocycles. The molecule has 1 N–H and O–H groups in total. The van der Waals surface area contributed by atoms with Gasteiger partial charge in [0, 0.05) is 43.4 Å². The lowest BCUT2D eigenvalue weighted by atomic mass is 10.2. The second-order valence-electron chi connectivity index (χ2n) is 4.04. The Hall–Kier alpha value is -1.66. The van der Waals surface area contributed by atoms with Gasteiger partial charge in [-0.25, -0.2) is 0 Å². The highest BCUT2D eigenvalue weighted by Gasteiger charge is 2.10. The summed E-state index contributed by atoms with van der Waals surface area (Å²) in [6.45, 7) is 4.19. The number of piperazine rings is 1. The van der Waals surface area contributed by atoms with Crippen LogP contribution in [0.15, 0.2) is 30.6 Å². The summed E-state index contributed by atoms with van der Waals surface area (Å²) < 4.78 is 9.47. The maximum Gasteiger partial charge on any atom is 0.298 e. The molecule has 1 fully saturated rings. The van der Waals surface area contributed by atoms with E-state index in [-0.39, 0.29) is 0 Å². The Bertz CT molecular complexity index is 479. The van der Waals surface area contributed by atoms with E-state index in [1.165, 1.54) is 23.5 Å². The van der Waals surface area contributed by atoms with E-state index in [9.17, 15) is 0 Å². The molecule has 6 heteroatoms. The minimum Gasteiger partial charge on any atom is -0.430 e. The Kier molecular flexibility index (Phi) is 3.38. The molecule has 0 bridgehead atoms.